The fourth-order valence-corrected chi connectivity index (χ4v) is 11.7. The Morgan fingerprint density at radius 1 is 0.562 bits per heavy atom. The average Bonchev–Trinajstić information content (AvgIpc) is 3.93. The van der Waals surface area contributed by atoms with Crippen LogP contribution < -0.4 is 0 Å². The second-order valence-electron chi connectivity index (χ2n) is 18.0. The Bertz CT molecular complexity index is 3140. The number of thiazole rings is 1. The van der Waals surface area contributed by atoms with Crippen LogP contribution in [0.5, 0.6) is 0 Å². The lowest BCUT2D eigenvalue weighted by molar-refractivity contribution is 0.714. The van der Waals surface area contributed by atoms with Gasteiger partial charge in [0.25, 0.3) is 0 Å². The molecule has 320 valence electrons. The van der Waals surface area contributed by atoms with E-state index in [1.165, 1.54) is 130 Å². The summed E-state index contributed by atoms with van der Waals surface area (Å²) in [6.45, 7) is 13.3. The van der Waals surface area contributed by atoms with Gasteiger partial charge in [-0.3, -0.25) is 0 Å². The highest BCUT2D eigenvalue weighted by atomic mass is 32.1. The predicted molar refractivity (Wildman–Crippen MR) is 283 cm³/mol. The van der Waals surface area contributed by atoms with Gasteiger partial charge in [-0.1, -0.05) is 158 Å². The topological polar surface area (TPSA) is 12.9 Å². The molecule has 3 heteroatoms. The molecule has 1 atom stereocenters. The van der Waals surface area contributed by atoms with Gasteiger partial charge in [-0.25, -0.2) is 4.98 Å². The Hall–Kier alpha value is -5.87. The SMILES string of the molecule is CC1=C(c2ccccc2C)CCC=C1.CC1=C(c2ccccc2C)CCCC1.Cc1ccc(-c2ccc(C3=CCC(C)C=C3)c3sc(-c4ccc5sc6ccccc6c5c4)nc23)cc1. The van der Waals surface area contributed by atoms with Crippen LogP contribution in [0.3, 0.4) is 0 Å². The van der Waals surface area contributed by atoms with Crippen LogP contribution in [-0.4, -0.2) is 4.98 Å². The molecule has 0 saturated carbocycles. The molecule has 11 rings (SSSR count). The number of thiophene rings is 1. The molecule has 0 aliphatic heterocycles. The Morgan fingerprint density at radius 2 is 1.23 bits per heavy atom. The zero-order chi connectivity index (χ0) is 44.2. The van der Waals surface area contributed by atoms with Crippen molar-refractivity contribution in [1.29, 1.82) is 0 Å². The van der Waals surface area contributed by atoms with Gasteiger partial charge in [0.1, 0.15) is 5.01 Å². The third kappa shape index (κ3) is 9.34. The Kier molecular flexibility index (Phi) is 13.2. The van der Waals surface area contributed by atoms with Crippen molar-refractivity contribution in [2.45, 2.75) is 86.5 Å². The summed E-state index contributed by atoms with van der Waals surface area (Å²) in [7, 11) is 0. The first-order chi connectivity index (χ1) is 31.2. The maximum atomic E-state index is 5.29. The van der Waals surface area contributed by atoms with Crippen LogP contribution in [0.1, 0.15) is 99.1 Å². The number of hydrogen-bond donors (Lipinski definition) is 0. The number of rotatable bonds is 5. The number of benzene rings is 6. The molecule has 8 aromatic rings. The number of fused-ring (bicyclic) bond motifs is 4. The molecule has 0 saturated heterocycles. The van der Waals surface area contributed by atoms with E-state index in [4.69, 9.17) is 4.98 Å². The van der Waals surface area contributed by atoms with Crippen LogP contribution in [0.25, 0.3) is 68.8 Å². The smallest absolute Gasteiger partial charge is 0.124 e. The molecule has 2 aromatic heterocycles. The lowest BCUT2D eigenvalue weighted by Crippen LogP contribution is -1.98. The van der Waals surface area contributed by atoms with E-state index >= 15 is 0 Å². The van der Waals surface area contributed by atoms with Gasteiger partial charge in [0.05, 0.1) is 10.2 Å². The van der Waals surface area contributed by atoms with Crippen molar-refractivity contribution >= 4 is 69.8 Å². The second-order valence-corrected chi connectivity index (χ2v) is 20.0. The molecule has 0 fully saturated rings. The van der Waals surface area contributed by atoms with Gasteiger partial charge in [-0.05, 0) is 154 Å². The maximum absolute atomic E-state index is 5.29. The van der Waals surface area contributed by atoms with Crippen molar-refractivity contribution in [2.24, 2.45) is 5.92 Å². The zero-order valence-corrected chi connectivity index (χ0v) is 39.9. The fraction of sp³-hybridized carbons (Fsp3) is 0.230. The number of aromatic nitrogens is 1. The van der Waals surface area contributed by atoms with E-state index in [2.05, 4.69) is 199 Å². The van der Waals surface area contributed by atoms with Crippen LogP contribution in [-0.2, 0) is 0 Å². The summed E-state index contributed by atoms with van der Waals surface area (Å²) < 4.78 is 3.93. The van der Waals surface area contributed by atoms with Crippen molar-refractivity contribution in [1.82, 2.24) is 4.98 Å². The van der Waals surface area contributed by atoms with Gasteiger partial charge in [0, 0.05) is 36.9 Å². The Balaban J connectivity index is 0.000000151. The van der Waals surface area contributed by atoms with Crippen LogP contribution in [0.15, 0.2) is 169 Å². The van der Waals surface area contributed by atoms with Crippen molar-refractivity contribution in [2.75, 3.05) is 0 Å². The largest absolute Gasteiger partial charge is 0.235 e. The van der Waals surface area contributed by atoms with Gasteiger partial charge < -0.3 is 0 Å². The number of hydrogen-bond acceptors (Lipinski definition) is 3. The number of allylic oxidation sites excluding steroid dienone is 10. The van der Waals surface area contributed by atoms with Crippen LogP contribution >= 0.6 is 22.7 Å². The first-order valence-corrected chi connectivity index (χ1v) is 24.8. The Morgan fingerprint density at radius 3 is 1.95 bits per heavy atom. The lowest BCUT2D eigenvalue weighted by atomic mass is 9.86. The summed E-state index contributed by atoms with van der Waals surface area (Å²) in [6.07, 6.45) is 20.3. The minimum atomic E-state index is 0.597. The Labute approximate surface area is 389 Å². The lowest BCUT2D eigenvalue weighted by Gasteiger charge is -2.19. The summed E-state index contributed by atoms with van der Waals surface area (Å²) in [4.78, 5) is 5.29. The van der Waals surface area contributed by atoms with E-state index in [0.29, 0.717) is 5.92 Å². The van der Waals surface area contributed by atoms with Crippen LogP contribution in [0.4, 0.5) is 0 Å². The molecule has 3 aliphatic rings. The highest BCUT2D eigenvalue weighted by Gasteiger charge is 2.19. The minimum absolute atomic E-state index is 0.597. The summed E-state index contributed by atoms with van der Waals surface area (Å²) in [5, 5.41) is 3.73. The third-order valence-corrected chi connectivity index (χ3v) is 15.5. The highest BCUT2D eigenvalue weighted by Crippen LogP contribution is 2.43. The zero-order valence-electron chi connectivity index (χ0n) is 38.3. The summed E-state index contributed by atoms with van der Waals surface area (Å²) >= 11 is 3.68. The third-order valence-electron chi connectivity index (χ3n) is 13.2. The van der Waals surface area contributed by atoms with E-state index in [9.17, 15) is 0 Å². The summed E-state index contributed by atoms with van der Waals surface area (Å²) in [6, 6.07) is 46.3. The number of aryl methyl sites for hydroxylation is 3. The first-order valence-electron chi connectivity index (χ1n) is 23.2. The molecule has 3 aliphatic carbocycles. The predicted octanol–water partition coefficient (Wildman–Crippen LogP) is 18.7. The molecular weight excluding hydrogens is 811 g/mol. The van der Waals surface area contributed by atoms with Crippen LogP contribution in [0, 0.1) is 26.7 Å². The van der Waals surface area contributed by atoms with Gasteiger partial charge >= 0.3 is 0 Å². The van der Waals surface area contributed by atoms with E-state index in [-0.39, 0.29) is 0 Å². The second kappa shape index (κ2) is 19.5. The van der Waals surface area contributed by atoms with Crippen molar-refractivity contribution in [3.8, 4) is 21.7 Å². The maximum Gasteiger partial charge on any atom is 0.124 e. The molecule has 1 nitrogen and oxygen atoms in total. The van der Waals surface area contributed by atoms with Gasteiger partial charge in [0.2, 0.25) is 0 Å². The van der Waals surface area contributed by atoms with Crippen molar-refractivity contribution in [3.63, 3.8) is 0 Å². The molecule has 1 unspecified atom stereocenters. The van der Waals surface area contributed by atoms with Crippen molar-refractivity contribution in [3.05, 3.63) is 202 Å². The van der Waals surface area contributed by atoms with Gasteiger partial charge in [-0.15, -0.1) is 22.7 Å². The quantitative estimate of drug-likeness (QED) is 0.168. The molecule has 0 spiro atoms. The molecule has 0 amide bonds. The van der Waals surface area contributed by atoms with Crippen molar-refractivity contribution < 1.29 is 0 Å². The standard InChI is InChI=1S/C33H25NS2.C14H18.C14H16/c1-20-7-11-22(12-8-20)25-16-17-26(23-13-9-21(2)10-14-23)32-31(25)34-33(36-32)24-15-18-30-28(19-24)27-5-3-4-6-29(27)35-30;2*1-11-7-3-5-9-13(11)14-10-6-4-8-12(14)2/h3-9,11-19,21H,10H2,1-2H3;3,5,7,9H,4,6,8,10H2,1-2H3;3-5,7-9H,6,10H2,1-2H3. The summed E-state index contributed by atoms with van der Waals surface area (Å²) in [5.74, 6) is 0.597. The molecule has 0 N–H and O–H groups in total. The fourth-order valence-electron chi connectivity index (χ4n) is 9.49. The summed E-state index contributed by atoms with van der Waals surface area (Å²) in [5.41, 5.74) is 20.4. The molecule has 6 aromatic carbocycles. The monoisotopic (exact) mass is 869 g/mol. The normalized spacial score (nSPS) is 16.2. The van der Waals surface area contributed by atoms with Crippen LogP contribution in [0.2, 0.25) is 0 Å². The van der Waals surface area contributed by atoms with Gasteiger partial charge in [0.15, 0.2) is 0 Å². The number of nitrogens with zero attached hydrogens (tertiary/aromatic N) is 1. The van der Waals surface area contributed by atoms with E-state index in [1.807, 2.05) is 22.7 Å². The molecule has 2 heterocycles. The molecule has 64 heavy (non-hydrogen) atoms. The van der Waals surface area contributed by atoms with Gasteiger partial charge in [-0.2, -0.15) is 0 Å². The first kappa shape index (κ1) is 43.4. The average molecular weight is 870 g/mol. The molecular formula is C61H59NS2. The highest BCUT2D eigenvalue weighted by molar-refractivity contribution is 7.26. The van der Waals surface area contributed by atoms with E-state index in [1.54, 1.807) is 11.1 Å². The molecule has 0 radical (unpaired) electrons. The molecule has 0 bridgehead atoms. The van der Waals surface area contributed by atoms with E-state index in [0.717, 1.165) is 16.9 Å². The minimum Gasteiger partial charge on any atom is -0.235 e. The van der Waals surface area contributed by atoms with E-state index < -0.39 is 0 Å².